The minimum atomic E-state index is -0.430. The van der Waals surface area contributed by atoms with Gasteiger partial charge in [0.25, 0.3) is 0 Å². The maximum atomic E-state index is 6.07. The Morgan fingerprint density at radius 3 is 2.00 bits per heavy atom. The van der Waals surface area contributed by atoms with Crippen LogP contribution in [0.5, 0.6) is 0 Å². The van der Waals surface area contributed by atoms with Gasteiger partial charge in [0.15, 0.2) is 0 Å². The van der Waals surface area contributed by atoms with Crippen molar-refractivity contribution in [3.8, 4) is 0 Å². The van der Waals surface area contributed by atoms with Crippen molar-refractivity contribution in [1.29, 1.82) is 0 Å². The highest BCUT2D eigenvalue weighted by atomic mass is 79.9. The summed E-state index contributed by atoms with van der Waals surface area (Å²) in [4.78, 5) is 0. The lowest BCUT2D eigenvalue weighted by Crippen LogP contribution is -2.41. The standard InChI is InChI=1S/C12H14BBrCl2O2/c1-11(2)12(3,4)18-13(17-11)7-5-8(14)10(16)9(15)6-7/h5-6H,1-4H3. The summed E-state index contributed by atoms with van der Waals surface area (Å²) in [6.07, 6.45) is 0. The number of hydrogen-bond donors (Lipinski definition) is 0. The molecule has 0 aromatic heterocycles. The molecule has 2 nitrogen and oxygen atoms in total. The van der Waals surface area contributed by atoms with E-state index in [-0.39, 0.29) is 11.2 Å². The molecule has 0 saturated carbocycles. The van der Waals surface area contributed by atoms with Gasteiger partial charge >= 0.3 is 7.12 Å². The van der Waals surface area contributed by atoms with Crippen LogP contribution in [-0.2, 0) is 9.31 Å². The summed E-state index contributed by atoms with van der Waals surface area (Å²) in [7, 11) is -0.430. The molecule has 1 aliphatic heterocycles. The van der Waals surface area contributed by atoms with E-state index in [9.17, 15) is 0 Å². The summed E-state index contributed by atoms with van der Waals surface area (Å²) in [5.41, 5.74) is 0.127. The van der Waals surface area contributed by atoms with Crippen LogP contribution in [-0.4, -0.2) is 18.3 Å². The van der Waals surface area contributed by atoms with Crippen LogP contribution in [0.25, 0.3) is 0 Å². The van der Waals surface area contributed by atoms with Crippen LogP contribution in [0.3, 0.4) is 0 Å². The Kier molecular flexibility index (Phi) is 3.81. The summed E-state index contributed by atoms with van der Waals surface area (Å²) >= 11 is 15.4. The second-order valence-corrected chi connectivity index (χ2v) is 7.03. The first-order valence-electron chi connectivity index (χ1n) is 5.64. The van der Waals surface area contributed by atoms with Gasteiger partial charge in [-0.25, -0.2) is 0 Å². The second kappa shape index (κ2) is 4.67. The fourth-order valence-corrected chi connectivity index (χ4v) is 2.62. The molecule has 0 atom stereocenters. The summed E-state index contributed by atoms with van der Waals surface area (Å²) in [6, 6.07) is 3.65. The van der Waals surface area contributed by atoms with Crippen LogP contribution >= 0.6 is 39.1 Å². The lowest BCUT2D eigenvalue weighted by Gasteiger charge is -2.32. The Labute approximate surface area is 126 Å². The van der Waals surface area contributed by atoms with E-state index in [1.165, 1.54) is 0 Å². The van der Waals surface area contributed by atoms with Crippen LogP contribution in [0, 0.1) is 0 Å². The topological polar surface area (TPSA) is 18.5 Å². The largest absolute Gasteiger partial charge is 0.494 e. The van der Waals surface area contributed by atoms with E-state index in [0.29, 0.717) is 10.0 Å². The predicted molar refractivity (Wildman–Crippen MR) is 79.9 cm³/mol. The third-order valence-corrected chi connectivity index (χ3v) is 5.19. The molecule has 1 fully saturated rings. The molecule has 0 aliphatic carbocycles. The monoisotopic (exact) mass is 350 g/mol. The predicted octanol–water partition coefficient (Wildman–Crippen LogP) is 4.06. The van der Waals surface area contributed by atoms with Crippen molar-refractivity contribution in [1.82, 2.24) is 0 Å². The molecule has 0 unspecified atom stereocenters. The molecule has 0 spiro atoms. The third kappa shape index (κ3) is 2.46. The fourth-order valence-electron chi connectivity index (χ4n) is 1.69. The molecule has 1 aromatic rings. The minimum Gasteiger partial charge on any atom is -0.399 e. The van der Waals surface area contributed by atoms with Crippen molar-refractivity contribution in [2.75, 3.05) is 0 Å². The van der Waals surface area contributed by atoms with Crippen molar-refractivity contribution in [3.05, 3.63) is 26.7 Å². The van der Waals surface area contributed by atoms with Gasteiger partial charge in [-0.1, -0.05) is 23.2 Å². The van der Waals surface area contributed by atoms with Gasteiger partial charge in [-0.3, -0.25) is 0 Å². The van der Waals surface area contributed by atoms with E-state index in [0.717, 1.165) is 9.94 Å². The molecular formula is C12H14BBrCl2O2. The van der Waals surface area contributed by atoms with E-state index in [4.69, 9.17) is 32.5 Å². The minimum absolute atomic E-state index is 0.365. The third-order valence-electron chi connectivity index (χ3n) is 3.53. The Balaban J connectivity index is 2.36. The lowest BCUT2D eigenvalue weighted by atomic mass is 9.79. The summed E-state index contributed by atoms with van der Waals surface area (Å²) in [5, 5.41) is 0.979. The molecular weight excluding hydrogens is 338 g/mol. The highest BCUT2D eigenvalue weighted by molar-refractivity contribution is 9.10. The van der Waals surface area contributed by atoms with Crippen molar-refractivity contribution < 1.29 is 9.31 Å². The van der Waals surface area contributed by atoms with Gasteiger partial charge in [-0.15, -0.1) is 0 Å². The molecule has 98 valence electrons. The van der Waals surface area contributed by atoms with Crippen LogP contribution in [0.2, 0.25) is 10.0 Å². The van der Waals surface area contributed by atoms with Gasteiger partial charge in [0.1, 0.15) is 0 Å². The Bertz CT molecular complexity index is 452. The van der Waals surface area contributed by atoms with E-state index in [2.05, 4.69) is 15.9 Å². The molecule has 1 aliphatic rings. The number of benzene rings is 1. The summed E-state index contributed by atoms with van der Waals surface area (Å²) in [5.74, 6) is 0. The second-order valence-electron chi connectivity index (χ2n) is 5.39. The van der Waals surface area contributed by atoms with E-state index in [1.54, 1.807) is 6.07 Å². The molecule has 6 heteroatoms. The lowest BCUT2D eigenvalue weighted by molar-refractivity contribution is 0.00578. The van der Waals surface area contributed by atoms with Gasteiger partial charge < -0.3 is 9.31 Å². The zero-order chi connectivity index (χ0) is 13.7. The zero-order valence-corrected chi connectivity index (χ0v) is 13.8. The smallest absolute Gasteiger partial charge is 0.399 e. The molecule has 0 N–H and O–H groups in total. The van der Waals surface area contributed by atoms with E-state index < -0.39 is 7.12 Å². The van der Waals surface area contributed by atoms with Gasteiger partial charge in [0.2, 0.25) is 0 Å². The van der Waals surface area contributed by atoms with Gasteiger partial charge in [0, 0.05) is 4.47 Å². The zero-order valence-electron chi connectivity index (χ0n) is 10.7. The summed E-state index contributed by atoms with van der Waals surface area (Å²) < 4.78 is 12.6. The molecule has 1 saturated heterocycles. The first kappa shape index (κ1) is 14.7. The van der Waals surface area contributed by atoms with Crippen molar-refractivity contribution >= 4 is 51.7 Å². The number of hydrogen-bond acceptors (Lipinski definition) is 2. The number of rotatable bonds is 1. The highest BCUT2D eigenvalue weighted by Gasteiger charge is 2.51. The summed E-state index contributed by atoms with van der Waals surface area (Å²) in [6.45, 7) is 8.05. The Hall–Kier alpha value is 0.265. The average molecular weight is 352 g/mol. The Morgan fingerprint density at radius 1 is 1.06 bits per heavy atom. The molecule has 0 bridgehead atoms. The molecule has 2 rings (SSSR count). The maximum Gasteiger partial charge on any atom is 0.494 e. The van der Waals surface area contributed by atoms with E-state index >= 15 is 0 Å². The van der Waals surface area contributed by atoms with Gasteiger partial charge in [0.05, 0.1) is 21.2 Å². The average Bonchev–Trinajstić information content (AvgIpc) is 2.44. The fraction of sp³-hybridized carbons (Fsp3) is 0.500. The normalized spacial score (nSPS) is 21.4. The highest BCUT2D eigenvalue weighted by Crippen LogP contribution is 2.37. The molecule has 18 heavy (non-hydrogen) atoms. The van der Waals surface area contributed by atoms with Crippen molar-refractivity contribution in [2.45, 2.75) is 38.9 Å². The quantitative estimate of drug-likeness (QED) is 0.561. The van der Waals surface area contributed by atoms with Gasteiger partial charge in [-0.2, -0.15) is 0 Å². The molecule has 1 aromatic carbocycles. The first-order valence-corrected chi connectivity index (χ1v) is 7.19. The van der Waals surface area contributed by atoms with Crippen molar-refractivity contribution in [3.63, 3.8) is 0 Å². The molecule has 1 heterocycles. The van der Waals surface area contributed by atoms with E-state index in [1.807, 2.05) is 33.8 Å². The van der Waals surface area contributed by atoms with Gasteiger partial charge in [-0.05, 0) is 61.2 Å². The van der Waals surface area contributed by atoms with Crippen LogP contribution < -0.4 is 5.46 Å². The van der Waals surface area contributed by atoms with Crippen LogP contribution in [0.4, 0.5) is 0 Å². The number of halogens is 3. The maximum absolute atomic E-state index is 6.07. The Morgan fingerprint density at radius 2 is 1.56 bits per heavy atom. The molecule has 0 amide bonds. The SMILES string of the molecule is CC1(C)OB(c2cc(Cl)c(Cl)c(Br)c2)OC1(C)C. The van der Waals surface area contributed by atoms with Crippen LogP contribution in [0.15, 0.2) is 16.6 Å². The van der Waals surface area contributed by atoms with Crippen molar-refractivity contribution in [2.24, 2.45) is 0 Å². The molecule has 0 radical (unpaired) electrons. The first-order chi connectivity index (χ1) is 8.14. The van der Waals surface area contributed by atoms with Crippen LogP contribution in [0.1, 0.15) is 27.7 Å².